The molecule has 0 radical (unpaired) electrons. The van der Waals surface area contributed by atoms with Crippen LogP contribution in [0.2, 0.25) is 10.0 Å². The first-order valence-corrected chi connectivity index (χ1v) is 11.0. The number of amides is 1. The van der Waals surface area contributed by atoms with Gasteiger partial charge in [0.2, 0.25) is 0 Å². The van der Waals surface area contributed by atoms with Gasteiger partial charge in [-0.3, -0.25) is 14.5 Å². The van der Waals surface area contributed by atoms with Gasteiger partial charge in [0.25, 0.3) is 11.7 Å². The van der Waals surface area contributed by atoms with Crippen LogP contribution in [0.15, 0.2) is 66.2 Å². The number of ether oxygens (including phenoxy) is 1. The number of benzene rings is 3. The van der Waals surface area contributed by atoms with Gasteiger partial charge in [-0.15, -0.1) is 0 Å². The molecule has 0 spiro atoms. The third-order valence-corrected chi connectivity index (χ3v) is 6.40. The summed E-state index contributed by atoms with van der Waals surface area (Å²) in [5.41, 5.74) is 3.32. The standard InChI is InChI=1S/C26H21Cl2NO4/c1-14-7-10-21(15(2)11-14)29-23(16-5-4-6-18(12-16)33-3)22(25(31)26(29)32)24(30)17-8-9-19(27)20(28)13-17/h4-13,23,30H,1-3H3/b24-22+. The second kappa shape index (κ2) is 8.93. The van der Waals surface area contributed by atoms with Crippen LogP contribution >= 0.6 is 23.2 Å². The SMILES string of the molecule is COc1cccc(C2/C(=C(\O)c3ccc(Cl)c(Cl)c3)C(=O)C(=O)N2c2ccc(C)cc2C)c1. The number of carbonyl (C=O) groups excluding carboxylic acids is 2. The molecule has 0 saturated carbocycles. The molecule has 1 aliphatic heterocycles. The van der Waals surface area contributed by atoms with Crippen LogP contribution in [0.1, 0.15) is 28.3 Å². The molecule has 1 saturated heterocycles. The average molecular weight is 482 g/mol. The molecule has 3 aromatic rings. The highest BCUT2D eigenvalue weighted by molar-refractivity contribution is 6.52. The molecular weight excluding hydrogens is 461 g/mol. The number of aliphatic hydroxyl groups excluding tert-OH is 1. The van der Waals surface area contributed by atoms with Crippen molar-refractivity contribution in [3.63, 3.8) is 0 Å². The Morgan fingerprint density at radius 2 is 1.73 bits per heavy atom. The lowest BCUT2D eigenvalue weighted by atomic mass is 9.94. The normalized spacial score (nSPS) is 17.5. The summed E-state index contributed by atoms with van der Waals surface area (Å²) in [5, 5.41) is 11.7. The molecule has 4 rings (SSSR count). The van der Waals surface area contributed by atoms with E-state index in [0.717, 1.165) is 11.1 Å². The molecule has 1 unspecified atom stereocenters. The molecule has 0 aliphatic carbocycles. The van der Waals surface area contributed by atoms with E-state index in [1.54, 1.807) is 30.3 Å². The van der Waals surface area contributed by atoms with E-state index >= 15 is 0 Å². The smallest absolute Gasteiger partial charge is 0.300 e. The number of aryl methyl sites for hydroxylation is 2. The average Bonchev–Trinajstić information content (AvgIpc) is 3.06. The van der Waals surface area contributed by atoms with Crippen molar-refractivity contribution in [3.8, 4) is 5.75 Å². The lowest BCUT2D eigenvalue weighted by Gasteiger charge is -2.27. The summed E-state index contributed by atoms with van der Waals surface area (Å²) in [4.78, 5) is 28.0. The first-order valence-electron chi connectivity index (χ1n) is 10.2. The van der Waals surface area contributed by atoms with Crippen molar-refractivity contribution >= 4 is 46.3 Å². The minimum atomic E-state index is -0.865. The van der Waals surface area contributed by atoms with Crippen LogP contribution in [0.3, 0.4) is 0 Å². The lowest BCUT2D eigenvalue weighted by molar-refractivity contribution is -0.132. The van der Waals surface area contributed by atoms with E-state index in [0.29, 0.717) is 22.0 Å². The van der Waals surface area contributed by atoms with Gasteiger partial charge in [0.05, 0.1) is 28.8 Å². The minimum absolute atomic E-state index is 0.0355. The first-order chi connectivity index (χ1) is 15.7. The van der Waals surface area contributed by atoms with Crippen LogP contribution in [0.4, 0.5) is 5.69 Å². The van der Waals surface area contributed by atoms with Gasteiger partial charge in [0.1, 0.15) is 11.5 Å². The molecule has 1 atom stereocenters. The predicted octanol–water partition coefficient (Wildman–Crippen LogP) is 6.25. The van der Waals surface area contributed by atoms with E-state index in [9.17, 15) is 14.7 Å². The Balaban J connectivity index is 1.99. The number of carbonyl (C=O) groups is 2. The minimum Gasteiger partial charge on any atom is -0.507 e. The van der Waals surface area contributed by atoms with Crippen molar-refractivity contribution in [1.29, 1.82) is 0 Å². The molecule has 5 nitrogen and oxygen atoms in total. The Bertz CT molecular complexity index is 1320. The number of anilines is 1. The van der Waals surface area contributed by atoms with Crippen LogP contribution in [0.25, 0.3) is 5.76 Å². The zero-order chi connectivity index (χ0) is 23.9. The van der Waals surface area contributed by atoms with E-state index in [1.807, 2.05) is 32.0 Å². The van der Waals surface area contributed by atoms with Gasteiger partial charge >= 0.3 is 0 Å². The van der Waals surface area contributed by atoms with Gasteiger partial charge in [0.15, 0.2) is 0 Å². The van der Waals surface area contributed by atoms with E-state index in [-0.39, 0.29) is 21.9 Å². The quantitative estimate of drug-likeness (QED) is 0.271. The molecule has 7 heteroatoms. The second-order valence-corrected chi connectivity index (χ2v) is 8.68. The summed E-state index contributed by atoms with van der Waals surface area (Å²) in [7, 11) is 1.54. The van der Waals surface area contributed by atoms with Crippen molar-refractivity contribution in [2.45, 2.75) is 19.9 Å². The monoisotopic (exact) mass is 481 g/mol. The fourth-order valence-electron chi connectivity index (χ4n) is 4.08. The molecule has 1 N–H and O–H groups in total. The van der Waals surface area contributed by atoms with Crippen LogP contribution in [-0.4, -0.2) is 23.9 Å². The number of hydrogen-bond acceptors (Lipinski definition) is 4. The van der Waals surface area contributed by atoms with Crippen molar-refractivity contribution in [1.82, 2.24) is 0 Å². The van der Waals surface area contributed by atoms with Gasteiger partial charge in [-0.2, -0.15) is 0 Å². The second-order valence-electron chi connectivity index (χ2n) is 7.86. The highest BCUT2D eigenvalue weighted by Gasteiger charge is 2.47. The molecule has 168 valence electrons. The number of rotatable bonds is 4. The number of hydrogen-bond donors (Lipinski definition) is 1. The molecule has 1 aliphatic rings. The van der Waals surface area contributed by atoms with Crippen LogP contribution in [-0.2, 0) is 9.59 Å². The van der Waals surface area contributed by atoms with E-state index < -0.39 is 17.7 Å². The van der Waals surface area contributed by atoms with Crippen LogP contribution in [0.5, 0.6) is 5.75 Å². The van der Waals surface area contributed by atoms with Crippen molar-refractivity contribution in [2.24, 2.45) is 0 Å². The number of Topliss-reactive ketones (excluding diaryl/α,β-unsaturated/α-hetero) is 1. The van der Waals surface area contributed by atoms with Gasteiger partial charge in [-0.1, -0.05) is 53.0 Å². The Kier molecular flexibility index (Phi) is 6.19. The summed E-state index contributed by atoms with van der Waals surface area (Å²) in [5.74, 6) is -1.27. The number of nitrogens with zero attached hydrogens (tertiary/aromatic N) is 1. The number of methoxy groups -OCH3 is 1. The highest BCUT2D eigenvalue weighted by atomic mass is 35.5. The third kappa shape index (κ3) is 4.10. The summed E-state index contributed by atoms with van der Waals surface area (Å²) in [6.07, 6.45) is 0. The van der Waals surface area contributed by atoms with Crippen molar-refractivity contribution in [2.75, 3.05) is 12.0 Å². The van der Waals surface area contributed by atoms with E-state index in [1.165, 1.54) is 24.1 Å². The zero-order valence-electron chi connectivity index (χ0n) is 18.2. The Morgan fingerprint density at radius 1 is 0.970 bits per heavy atom. The molecule has 1 fully saturated rings. The summed E-state index contributed by atoms with van der Waals surface area (Å²) in [6.45, 7) is 3.83. The highest BCUT2D eigenvalue weighted by Crippen LogP contribution is 2.44. The maximum Gasteiger partial charge on any atom is 0.300 e. The topological polar surface area (TPSA) is 66.8 Å². The van der Waals surface area contributed by atoms with Crippen LogP contribution in [0, 0.1) is 13.8 Å². The van der Waals surface area contributed by atoms with Crippen molar-refractivity contribution < 1.29 is 19.4 Å². The fourth-order valence-corrected chi connectivity index (χ4v) is 4.38. The van der Waals surface area contributed by atoms with E-state index in [4.69, 9.17) is 27.9 Å². The predicted molar refractivity (Wildman–Crippen MR) is 130 cm³/mol. The number of halogens is 2. The van der Waals surface area contributed by atoms with Gasteiger partial charge in [-0.05, 0) is 61.4 Å². The Morgan fingerprint density at radius 3 is 2.39 bits per heavy atom. The van der Waals surface area contributed by atoms with Gasteiger partial charge < -0.3 is 9.84 Å². The molecular formula is C26H21Cl2NO4. The van der Waals surface area contributed by atoms with Crippen LogP contribution < -0.4 is 9.64 Å². The van der Waals surface area contributed by atoms with Gasteiger partial charge in [-0.25, -0.2) is 0 Å². The summed E-state index contributed by atoms with van der Waals surface area (Å²) >= 11 is 12.2. The summed E-state index contributed by atoms with van der Waals surface area (Å²) < 4.78 is 5.36. The third-order valence-electron chi connectivity index (χ3n) is 5.66. The van der Waals surface area contributed by atoms with Crippen molar-refractivity contribution in [3.05, 3.63) is 98.5 Å². The zero-order valence-corrected chi connectivity index (χ0v) is 19.7. The molecule has 33 heavy (non-hydrogen) atoms. The molecule has 0 bridgehead atoms. The van der Waals surface area contributed by atoms with E-state index in [2.05, 4.69) is 0 Å². The molecule has 0 aromatic heterocycles. The molecule has 1 amide bonds. The first kappa shape index (κ1) is 22.9. The number of ketones is 1. The largest absolute Gasteiger partial charge is 0.507 e. The maximum atomic E-state index is 13.3. The lowest BCUT2D eigenvalue weighted by Crippen LogP contribution is -2.30. The summed E-state index contributed by atoms with van der Waals surface area (Å²) in [6, 6.07) is 16.4. The Hall–Kier alpha value is -3.28. The van der Waals surface area contributed by atoms with Gasteiger partial charge in [0, 0.05) is 11.3 Å². The molecule has 1 heterocycles. The number of aliphatic hydroxyl groups is 1. The molecule has 3 aromatic carbocycles. The maximum absolute atomic E-state index is 13.3. The Labute approximate surface area is 201 Å². The fraction of sp³-hybridized carbons (Fsp3) is 0.154.